The number of H-pyrrole nitrogens is 1. The van der Waals surface area contributed by atoms with Crippen molar-refractivity contribution in [2.45, 2.75) is 23.1 Å². The maximum absolute atomic E-state index is 13.0. The number of fused-ring (bicyclic) bond motifs is 1. The Hall–Kier alpha value is -1.99. The number of ether oxygens (including phenoxy) is 1. The fourth-order valence-corrected chi connectivity index (χ4v) is 4.76. The molecule has 1 aliphatic heterocycles. The van der Waals surface area contributed by atoms with Gasteiger partial charge < -0.3 is 15.0 Å². The van der Waals surface area contributed by atoms with Crippen molar-refractivity contribution >= 4 is 40.2 Å². The van der Waals surface area contributed by atoms with Crippen molar-refractivity contribution in [2.75, 3.05) is 39.4 Å². The first-order valence-corrected chi connectivity index (χ1v) is 11.4. The van der Waals surface area contributed by atoms with Gasteiger partial charge in [-0.25, -0.2) is 0 Å². The number of nitrogens with one attached hydrogen (secondary N) is 2. The number of amides is 1. The average Bonchev–Trinajstić information content (AvgIpc) is 3.11. The third-order valence-corrected chi connectivity index (χ3v) is 6.60. The highest BCUT2D eigenvalue weighted by molar-refractivity contribution is 7.99. The van der Waals surface area contributed by atoms with Crippen molar-refractivity contribution in [2.24, 2.45) is 0 Å². The Balaban J connectivity index is 1.48. The topological polar surface area (TPSA) is 57.4 Å². The lowest BCUT2D eigenvalue weighted by atomic mass is 10.2. The summed E-state index contributed by atoms with van der Waals surface area (Å²) in [6.45, 7) is 7.21. The Morgan fingerprint density at radius 2 is 1.97 bits per heavy atom. The summed E-state index contributed by atoms with van der Waals surface area (Å²) in [6.07, 6.45) is 0.921. The van der Waals surface area contributed by atoms with Crippen LogP contribution in [0.1, 0.15) is 22.5 Å². The number of halogens is 1. The summed E-state index contributed by atoms with van der Waals surface area (Å²) in [5, 5.41) is 4.84. The van der Waals surface area contributed by atoms with Gasteiger partial charge in [0.1, 0.15) is 5.69 Å². The minimum Gasteiger partial charge on any atom is -0.379 e. The lowest BCUT2D eigenvalue weighted by molar-refractivity contribution is 0.0374. The Morgan fingerprint density at radius 3 is 2.73 bits per heavy atom. The first-order chi connectivity index (χ1) is 14.6. The van der Waals surface area contributed by atoms with Gasteiger partial charge in [0, 0.05) is 40.5 Å². The molecule has 0 saturated carbocycles. The van der Waals surface area contributed by atoms with Crippen LogP contribution in [0.15, 0.2) is 52.3 Å². The van der Waals surface area contributed by atoms with Crippen LogP contribution in [0.2, 0.25) is 5.02 Å². The molecule has 0 bridgehead atoms. The normalized spacial score (nSPS) is 14.9. The molecule has 0 unspecified atom stereocenters. The van der Waals surface area contributed by atoms with E-state index in [-0.39, 0.29) is 5.91 Å². The molecule has 0 atom stereocenters. The number of aryl methyl sites for hydroxylation is 1. The van der Waals surface area contributed by atoms with Gasteiger partial charge >= 0.3 is 0 Å². The number of hydrogen-bond donors (Lipinski definition) is 2. The molecule has 1 saturated heterocycles. The van der Waals surface area contributed by atoms with Gasteiger partial charge in [0.25, 0.3) is 5.91 Å². The van der Waals surface area contributed by atoms with E-state index in [1.54, 1.807) is 11.8 Å². The van der Waals surface area contributed by atoms with E-state index in [4.69, 9.17) is 16.3 Å². The molecule has 30 heavy (non-hydrogen) atoms. The van der Waals surface area contributed by atoms with Gasteiger partial charge in [0.15, 0.2) is 0 Å². The molecule has 1 aliphatic rings. The summed E-state index contributed by atoms with van der Waals surface area (Å²) in [7, 11) is 0. The van der Waals surface area contributed by atoms with Gasteiger partial charge in [-0.15, -0.1) is 0 Å². The summed E-state index contributed by atoms with van der Waals surface area (Å²) >= 11 is 7.61. The van der Waals surface area contributed by atoms with E-state index in [9.17, 15) is 4.79 Å². The Morgan fingerprint density at radius 1 is 1.20 bits per heavy atom. The molecular formula is C23H26ClN3O2S. The number of carbonyl (C=O) groups is 1. The number of rotatable bonds is 7. The molecule has 3 aromatic rings. The van der Waals surface area contributed by atoms with Crippen LogP contribution in [0.3, 0.4) is 0 Å². The van der Waals surface area contributed by atoms with Crippen LogP contribution in [0.4, 0.5) is 0 Å². The molecule has 5 nitrogen and oxygen atoms in total. The molecule has 0 spiro atoms. The minimum absolute atomic E-state index is 0.0673. The van der Waals surface area contributed by atoms with Crippen molar-refractivity contribution in [3.63, 3.8) is 0 Å². The van der Waals surface area contributed by atoms with Gasteiger partial charge in [0.2, 0.25) is 0 Å². The van der Waals surface area contributed by atoms with E-state index >= 15 is 0 Å². The fourth-order valence-electron chi connectivity index (χ4n) is 3.59. The molecular weight excluding hydrogens is 418 g/mol. The molecule has 1 fully saturated rings. The van der Waals surface area contributed by atoms with Crippen LogP contribution in [-0.4, -0.2) is 55.2 Å². The lowest BCUT2D eigenvalue weighted by Gasteiger charge is -2.26. The molecule has 2 aromatic carbocycles. The van der Waals surface area contributed by atoms with E-state index in [1.165, 1.54) is 0 Å². The van der Waals surface area contributed by atoms with Gasteiger partial charge in [-0.2, -0.15) is 0 Å². The predicted molar refractivity (Wildman–Crippen MR) is 123 cm³/mol. The largest absolute Gasteiger partial charge is 0.379 e. The van der Waals surface area contributed by atoms with Crippen LogP contribution in [0, 0.1) is 6.92 Å². The second-order valence-electron chi connectivity index (χ2n) is 7.50. The number of aromatic nitrogens is 1. The van der Waals surface area contributed by atoms with Gasteiger partial charge in [-0.05, 0) is 55.8 Å². The van der Waals surface area contributed by atoms with E-state index in [2.05, 4.69) is 40.3 Å². The number of hydrogen-bond acceptors (Lipinski definition) is 4. The van der Waals surface area contributed by atoms with E-state index < -0.39 is 0 Å². The third kappa shape index (κ3) is 5.19. The maximum Gasteiger partial charge on any atom is 0.268 e. The summed E-state index contributed by atoms with van der Waals surface area (Å²) in [5.74, 6) is -0.0673. The van der Waals surface area contributed by atoms with Crippen LogP contribution in [-0.2, 0) is 4.74 Å². The van der Waals surface area contributed by atoms with E-state index in [0.717, 1.165) is 65.5 Å². The molecule has 2 N–H and O–H groups in total. The zero-order valence-corrected chi connectivity index (χ0v) is 18.6. The second-order valence-corrected chi connectivity index (χ2v) is 9.02. The van der Waals surface area contributed by atoms with Crippen molar-refractivity contribution in [1.82, 2.24) is 15.2 Å². The molecule has 1 amide bonds. The first kappa shape index (κ1) is 21.2. The summed E-state index contributed by atoms with van der Waals surface area (Å²) in [5.41, 5.74) is 2.75. The molecule has 0 aliphatic carbocycles. The smallest absolute Gasteiger partial charge is 0.268 e. The molecule has 7 heteroatoms. The van der Waals surface area contributed by atoms with Gasteiger partial charge in [-0.3, -0.25) is 9.69 Å². The predicted octanol–water partition coefficient (Wildman–Crippen LogP) is 4.73. The van der Waals surface area contributed by atoms with Gasteiger partial charge in [-0.1, -0.05) is 35.5 Å². The number of aromatic amines is 1. The molecule has 2 heterocycles. The Kier molecular flexibility index (Phi) is 7.00. The van der Waals surface area contributed by atoms with Crippen molar-refractivity contribution in [3.05, 3.63) is 58.7 Å². The van der Waals surface area contributed by atoms with Crippen molar-refractivity contribution in [1.29, 1.82) is 0 Å². The highest BCUT2D eigenvalue weighted by atomic mass is 35.5. The summed E-state index contributed by atoms with van der Waals surface area (Å²) in [4.78, 5) is 20.7. The lowest BCUT2D eigenvalue weighted by Crippen LogP contribution is -2.38. The Labute approximate surface area is 186 Å². The molecule has 158 valence electrons. The standard InChI is InChI=1S/C23H26ClN3O2S/c1-16-3-8-19-20(15-16)26-21(22(19)30-18-6-4-17(24)5-7-18)23(28)25-9-2-10-27-11-13-29-14-12-27/h3-8,15,26H,2,9-14H2,1H3,(H,25,28). The third-order valence-electron chi connectivity index (χ3n) is 5.21. The average molecular weight is 444 g/mol. The maximum atomic E-state index is 13.0. The van der Waals surface area contributed by atoms with Crippen LogP contribution in [0.25, 0.3) is 10.9 Å². The summed E-state index contributed by atoms with van der Waals surface area (Å²) in [6, 6.07) is 13.9. The summed E-state index contributed by atoms with van der Waals surface area (Å²) < 4.78 is 5.38. The molecule has 0 radical (unpaired) electrons. The highest BCUT2D eigenvalue weighted by Gasteiger charge is 2.19. The Bertz CT molecular complexity index is 1010. The van der Waals surface area contributed by atoms with Crippen LogP contribution >= 0.6 is 23.4 Å². The number of benzene rings is 2. The van der Waals surface area contributed by atoms with Crippen LogP contribution < -0.4 is 5.32 Å². The van der Waals surface area contributed by atoms with E-state index in [0.29, 0.717) is 17.3 Å². The number of morpholine rings is 1. The zero-order chi connectivity index (χ0) is 20.9. The quantitative estimate of drug-likeness (QED) is 0.518. The number of nitrogens with zero attached hydrogens (tertiary/aromatic N) is 1. The fraction of sp³-hybridized carbons (Fsp3) is 0.348. The van der Waals surface area contributed by atoms with Gasteiger partial charge in [0.05, 0.1) is 18.1 Å². The minimum atomic E-state index is -0.0673. The van der Waals surface area contributed by atoms with Crippen molar-refractivity contribution < 1.29 is 9.53 Å². The monoisotopic (exact) mass is 443 g/mol. The zero-order valence-electron chi connectivity index (χ0n) is 17.0. The highest BCUT2D eigenvalue weighted by Crippen LogP contribution is 2.37. The molecule has 4 rings (SSSR count). The van der Waals surface area contributed by atoms with Crippen molar-refractivity contribution in [3.8, 4) is 0 Å². The van der Waals surface area contributed by atoms with E-state index in [1.807, 2.05) is 24.3 Å². The SMILES string of the molecule is Cc1ccc2c(Sc3ccc(Cl)cc3)c(C(=O)NCCCN3CCOCC3)[nH]c2c1. The second kappa shape index (κ2) is 9.88. The molecule has 1 aromatic heterocycles. The number of carbonyl (C=O) groups excluding carboxylic acids is 1. The first-order valence-electron chi connectivity index (χ1n) is 10.2. The van der Waals surface area contributed by atoms with Crippen LogP contribution in [0.5, 0.6) is 0 Å².